The van der Waals surface area contributed by atoms with E-state index in [0.29, 0.717) is 4.58 Å². The zero-order valence-corrected chi connectivity index (χ0v) is 13.5. The van der Waals surface area contributed by atoms with E-state index in [4.69, 9.17) is 0 Å². The van der Waals surface area contributed by atoms with Crippen molar-refractivity contribution in [1.29, 1.82) is 0 Å². The molecule has 1 aromatic carbocycles. The van der Waals surface area contributed by atoms with Crippen molar-refractivity contribution in [3.8, 4) is 0 Å². The maximum Gasteiger partial charge on any atom is 0.126 e. The van der Waals surface area contributed by atoms with Crippen LogP contribution in [0.5, 0.6) is 0 Å². The van der Waals surface area contributed by atoms with E-state index in [9.17, 15) is 4.39 Å². The summed E-state index contributed by atoms with van der Waals surface area (Å²) in [6.07, 6.45) is 4.45. The monoisotopic (exact) mass is 298 g/mol. The lowest BCUT2D eigenvalue weighted by atomic mass is 10.1. The first-order valence-electron chi connectivity index (χ1n) is 7.26. The van der Waals surface area contributed by atoms with Crippen LogP contribution >= 0.6 is 23.5 Å². The molecule has 0 spiro atoms. The molecule has 0 unspecified atom stereocenters. The van der Waals surface area contributed by atoms with Crippen LogP contribution < -0.4 is 0 Å². The maximum absolute atomic E-state index is 14.0. The van der Waals surface area contributed by atoms with E-state index in [1.165, 1.54) is 24.3 Å². The highest BCUT2D eigenvalue weighted by Crippen LogP contribution is 2.46. The molecular weight excluding hydrogens is 275 g/mol. The van der Waals surface area contributed by atoms with Crippen molar-refractivity contribution in [2.45, 2.75) is 44.1 Å². The average molecular weight is 298 g/mol. The van der Waals surface area contributed by atoms with Crippen LogP contribution in [0.15, 0.2) is 18.2 Å². The molecule has 1 aliphatic heterocycles. The number of halogens is 1. The summed E-state index contributed by atoms with van der Waals surface area (Å²) in [5, 5.41) is 0. The Bertz CT molecular complexity index is 398. The number of thioether (sulfide) groups is 2. The molecule has 0 bridgehead atoms. The molecule has 106 valence electrons. The fourth-order valence-corrected chi connectivity index (χ4v) is 5.64. The Labute approximate surface area is 124 Å². The molecule has 0 aliphatic carbocycles. The Morgan fingerprint density at radius 2 is 1.89 bits per heavy atom. The summed E-state index contributed by atoms with van der Waals surface area (Å²) in [5.74, 6) is 3.28. The molecule has 1 aliphatic rings. The number of rotatable bonds is 5. The van der Waals surface area contributed by atoms with Crippen molar-refractivity contribution < 1.29 is 4.39 Å². The van der Waals surface area contributed by atoms with Crippen molar-refractivity contribution in [2.24, 2.45) is 5.92 Å². The van der Waals surface area contributed by atoms with Gasteiger partial charge in [0.1, 0.15) is 5.82 Å². The molecule has 0 aromatic heterocycles. The van der Waals surface area contributed by atoms with Crippen molar-refractivity contribution >= 4 is 23.5 Å². The van der Waals surface area contributed by atoms with Crippen molar-refractivity contribution in [3.63, 3.8) is 0 Å². The lowest BCUT2D eigenvalue weighted by molar-refractivity contribution is 0.590. The molecule has 0 saturated carbocycles. The first-order valence-corrected chi connectivity index (χ1v) is 9.35. The van der Waals surface area contributed by atoms with Crippen LogP contribution in [-0.2, 0) is 6.42 Å². The maximum atomic E-state index is 14.0. The third-order valence-electron chi connectivity index (χ3n) is 3.53. The molecule has 0 N–H and O–H groups in total. The van der Waals surface area contributed by atoms with Crippen molar-refractivity contribution in [1.82, 2.24) is 0 Å². The van der Waals surface area contributed by atoms with Crippen molar-refractivity contribution in [2.75, 3.05) is 11.5 Å². The van der Waals surface area contributed by atoms with Gasteiger partial charge >= 0.3 is 0 Å². The van der Waals surface area contributed by atoms with Gasteiger partial charge in [-0.05, 0) is 47.5 Å². The van der Waals surface area contributed by atoms with Crippen LogP contribution in [-0.4, -0.2) is 11.5 Å². The van der Waals surface area contributed by atoms with Crippen LogP contribution in [0.25, 0.3) is 0 Å². The number of hydrogen-bond acceptors (Lipinski definition) is 2. The first kappa shape index (κ1) is 15.2. The Morgan fingerprint density at radius 1 is 1.16 bits per heavy atom. The molecule has 2 rings (SSSR count). The highest BCUT2D eigenvalue weighted by Gasteiger charge is 2.23. The zero-order chi connectivity index (χ0) is 13.7. The van der Waals surface area contributed by atoms with E-state index in [0.717, 1.165) is 29.9 Å². The second-order valence-electron chi connectivity index (χ2n) is 5.25. The minimum absolute atomic E-state index is 0.0174. The fraction of sp³-hybridized carbons (Fsp3) is 0.625. The molecule has 0 atom stereocenters. The van der Waals surface area contributed by atoms with Crippen LogP contribution in [0, 0.1) is 11.7 Å². The fourth-order valence-electron chi connectivity index (χ4n) is 2.49. The van der Waals surface area contributed by atoms with Gasteiger partial charge < -0.3 is 0 Å². The van der Waals surface area contributed by atoms with Gasteiger partial charge in [-0.15, -0.1) is 23.5 Å². The molecule has 1 fully saturated rings. The van der Waals surface area contributed by atoms with E-state index in [1.54, 1.807) is 6.07 Å². The largest absolute Gasteiger partial charge is 0.207 e. The van der Waals surface area contributed by atoms with Crippen molar-refractivity contribution in [3.05, 3.63) is 35.1 Å². The Hall–Kier alpha value is -0.150. The normalized spacial score (nSPS) is 23.5. The lowest BCUT2D eigenvalue weighted by Gasteiger charge is -2.28. The minimum atomic E-state index is -0.0174. The van der Waals surface area contributed by atoms with Gasteiger partial charge in [0.25, 0.3) is 0 Å². The highest BCUT2D eigenvalue weighted by atomic mass is 32.2. The van der Waals surface area contributed by atoms with Crippen LogP contribution in [0.4, 0.5) is 4.39 Å². The third-order valence-corrected chi connectivity index (χ3v) is 6.83. The molecular formula is C16H23FS2. The Morgan fingerprint density at radius 3 is 2.47 bits per heavy atom. The Balaban J connectivity index is 1.97. The quantitative estimate of drug-likeness (QED) is 0.686. The van der Waals surface area contributed by atoms with E-state index in [1.807, 2.05) is 29.6 Å². The molecule has 0 amide bonds. The van der Waals surface area contributed by atoms with Gasteiger partial charge in [0.05, 0.1) is 4.58 Å². The summed E-state index contributed by atoms with van der Waals surface area (Å²) in [6.45, 7) is 4.34. The SMILES string of the molecule is CCCc1ccc(C2SCC(CCC)CS2)cc1F. The summed E-state index contributed by atoms with van der Waals surface area (Å²) in [5.41, 5.74) is 2.02. The molecule has 0 nitrogen and oxygen atoms in total. The number of hydrogen-bond donors (Lipinski definition) is 0. The molecule has 1 aromatic rings. The van der Waals surface area contributed by atoms with Gasteiger partial charge in [-0.2, -0.15) is 0 Å². The smallest absolute Gasteiger partial charge is 0.126 e. The van der Waals surface area contributed by atoms with Gasteiger partial charge in [0, 0.05) is 0 Å². The predicted octanol–water partition coefficient (Wildman–Crippen LogP) is 5.67. The summed E-state index contributed by atoms with van der Waals surface area (Å²) < 4.78 is 14.4. The highest BCUT2D eigenvalue weighted by molar-refractivity contribution is 8.16. The molecule has 1 saturated heterocycles. The van der Waals surface area contributed by atoms with E-state index < -0.39 is 0 Å². The molecule has 19 heavy (non-hydrogen) atoms. The van der Waals surface area contributed by atoms with E-state index in [2.05, 4.69) is 19.9 Å². The summed E-state index contributed by atoms with van der Waals surface area (Å²) in [7, 11) is 0. The van der Waals surface area contributed by atoms with Crippen LogP contribution in [0.2, 0.25) is 0 Å². The first-order chi connectivity index (χ1) is 9.24. The van der Waals surface area contributed by atoms with Gasteiger partial charge in [0.2, 0.25) is 0 Å². The van der Waals surface area contributed by atoms with Gasteiger partial charge in [0.15, 0.2) is 0 Å². The van der Waals surface area contributed by atoms with Gasteiger partial charge in [-0.3, -0.25) is 0 Å². The molecule has 0 radical (unpaired) electrons. The number of aryl methyl sites for hydroxylation is 1. The van der Waals surface area contributed by atoms with Gasteiger partial charge in [-0.25, -0.2) is 4.39 Å². The topological polar surface area (TPSA) is 0 Å². The summed E-state index contributed by atoms with van der Waals surface area (Å²) in [6, 6.07) is 5.86. The van der Waals surface area contributed by atoms with Gasteiger partial charge in [-0.1, -0.05) is 38.8 Å². The van der Waals surface area contributed by atoms with Crippen LogP contribution in [0.1, 0.15) is 48.8 Å². The minimum Gasteiger partial charge on any atom is -0.207 e. The third kappa shape index (κ3) is 4.16. The standard InChI is InChI=1S/C16H23FS2/c1-3-5-12-10-18-16(19-11-12)14-8-7-13(6-4-2)15(17)9-14/h7-9,12,16H,3-6,10-11H2,1-2H3. The van der Waals surface area contributed by atoms with E-state index in [-0.39, 0.29) is 5.82 Å². The second kappa shape index (κ2) is 7.58. The Kier molecular flexibility index (Phi) is 6.08. The summed E-state index contributed by atoms with van der Waals surface area (Å²) >= 11 is 3.98. The second-order valence-corrected chi connectivity index (χ2v) is 7.83. The average Bonchev–Trinajstić information content (AvgIpc) is 2.43. The lowest BCUT2D eigenvalue weighted by Crippen LogP contribution is -2.14. The predicted molar refractivity (Wildman–Crippen MR) is 86.5 cm³/mol. The summed E-state index contributed by atoms with van der Waals surface area (Å²) in [4.78, 5) is 0. The number of benzene rings is 1. The molecule has 3 heteroatoms. The van der Waals surface area contributed by atoms with E-state index >= 15 is 0 Å². The zero-order valence-electron chi connectivity index (χ0n) is 11.8. The molecule has 1 heterocycles. The van der Waals surface area contributed by atoms with Crippen LogP contribution in [0.3, 0.4) is 0 Å².